The van der Waals surface area contributed by atoms with E-state index in [1.54, 1.807) is 21.3 Å². The third-order valence-corrected chi connectivity index (χ3v) is 13.3. The molecule has 0 fully saturated rings. The van der Waals surface area contributed by atoms with Crippen LogP contribution < -0.4 is 9.47 Å². The van der Waals surface area contributed by atoms with Crippen LogP contribution in [0.25, 0.3) is 0 Å². The van der Waals surface area contributed by atoms with Crippen LogP contribution in [-0.4, -0.2) is 66.3 Å². The Morgan fingerprint density at radius 2 is 1.34 bits per heavy atom. The summed E-state index contributed by atoms with van der Waals surface area (Å²) in [6.07, 6.45) is 2.36. The van der Waals surface area contributed by atoms with Crippen molar-refractivity contribution in [2.75, 3.05) is 34.5 Å². The van der Waals surface area contributed by atoms with Gasteiger partial charge in [-0.3, -0.25) is 0 Å². The summed E-state index contributed by atoms with van der Waals surface area (Å²) >= 11 is 0. The fraction of sp³-hybridized carbons (Fsp3) is 0.611. The lowest BCUT2D eigenvalue weighted by Gasteiger charge is -2.37. The molecule has 0 aromatic heterocycles. The zero-order valence-electron chi connectivity index (χ0n) is 29.0. The summed E-state index contributed by atoms with van der Waals surface area (Å²) in [6, 6.07) is 15.8. The van der Waals surface area contributed by atoms with Crippen molar-refractivity contribution in [2.24, 2.45) is 11.8 Å². The van der Waals surface area contributed by atoms with Gasteiger partial charge in [0, 0.05) is 25.6 Å². The molecule has 248 valence electrons. The van der Waals surface area contributed by atoms with Gasteiger partial charge in [0.15, 0.2) is 8.32 Å². The van der Waals surface area contributed by atoms with Crippen molar-refractivity contribution < 1.29 is 33.2 Å². The topological polar surface area (TPSA) is 75.6 Å². The highest BCUT2D eigenvalue weighted by molar-refractivity contribution is 6.74. The summed E-state index contributed by atoms with van der Waals surface area (Å²) in [4.78, 5) is 0. The van der Waals surface area contributed by atoms with E-state index in [2.05, 4.69) is 53.8 Å². The standard InChI is InChI=1S/C36H58O7Si/c1-26(20-33(25-43-44(10,11)36(4,5)6)41-23-29-12-16-31(38-7)17-13-29)21-34(40-9)28(3)35(27(2)22-37)42-24-30-14-18-32(39-8)19-15-30/h12-19,21,27-28,33-35,37H,20,22-25H2,1-11H3/b26-21+/t27-,28-,33-,34-,35-/m1/s1. The molecule has 0 spiro atoms. The van der Waals surface area contributed by atoms with Crippen LogP contribution in [0.2, 0.25) is 18.1 Å². The first-order chi connectivity index (χ1) is 20.7. The van der Waals surface area contributed by atoms with Crippen molar-refractivity contribution in [1.82, 2.24) is 0 Å². The molecule has 2 aromatic rings. The van der Waals surface area contributed by atoms with Crippen LogP contribution in [0, 0.1) is 11.8 Å². The molecule has 8 heteroatoms. The molecule has 2 rings (SSSR count). The zero-order chi connectivity index (χ0) is 32.9. The maximum atomic E-state index is 10.1. The third kappa shape index (κ3) is 12.0. The van der Waals surface area contributed by atoms with Gasteiger partial charge < -0.3 is 33.2 Å². The highest BCUT2D eigenvalue weighted by Gasteiger charge is 2.38. The first-order valence-corrected chi connectivity index (χ1v) is 18.6. The van der Waals surface area contributed by atoms with Crippen LogP contribution in [0.15, 0.2) is 60.2 Å². The van der Waals surface area contributed by atoms with Crippen molar-refractivity contribution in [2.45, 2.75) is 97.6 Å². The molecule has 0 amide bonds. The number of hydrogen-bond donors (Lipinski definition) is 1. The number of methoxy groups -OCH3 is 3. The normalized spacial score (nSPS) is 16.2. The molecular formula is C36H58O7Si. The fourth-order valence-electron chi connectivity index (χ4n) is 4.80. The second-order valence-corrected chi connectivity index (χ2v) is 18.2. The Kier molecular flexibility index (Phi) is 15.6. The number of aliphatic hydroxyl groups is 1. The van der Waals surface area contributed by atoms with E-state index >= 15 is 0 Å². The van der Waals surface area contributed by atoms with E-state index in [-0.39, 0.29) is 41.8 Å². The fourth-order valence-corrected chi connectivity index (χ4v) is 5.84. The molecule has 1 N–H and O–H groups in total. The summed E-state index contributed by atoms with van der Waals surface area (Å²) in [5, 5.41) is 10.2. The number of aliphatic hydroxyl groups excluding tert-OH is 1. The molecule has 0 aliphatic heterocycles. The molecule has 5 atom stereocenters. The van der Waals surface area contributed by atoms with Gasteiger partial charge in [-0.1, -0.05) is 70.5 Å². The number of ether oxygens (including phenoxy) is 5. The average molecular weight is 631 g/mol. The molecule has 2 aromatic carbocycles. The minimum Gasteiger partial charge on any atom is -0.497 e. The smallest absolute Gasteiger partial charge is 0.192 e. The van der Waals surface area contributed by atoms with Gasteiger partial charge in [-0.2, -0.15) is 0 Å². The molecule has 7 nitrogen and oxygen atoms in total. The molecule has 0 unspecified atom stereocenters. The molecular weight excluding hydrogens is 572 g/mol. The average Bonchev–Trinajstić information content (AvgIpc) is 3.00. The Morgan fingerprint density at radius 1 is 0.841 bits per heavy atom. The molecule has 44 heavy (non-hydrogen) atoms. The lowest BCUT2D eigenvalue weighted by atomic mass is 9.88. The van der Waals surface area contributed by atoms with E-state index in [0.29, 0.717) is 26.2 Å². The number of benzene rings is 2. The minimum atomic E-state index is -1.96. The Hall–Kier alpha value is -2.20. The van der Waals surface area contributed by atoms with Gasteiger partial charge in [0.2, 0.25) is 0 Å². The molecule has 0 aliphatic rings. The highest BCUT2D eigenvalue weighted by Crippen LogP contribution is 2.37. The SMILES string of the molecule is COc1ccc(CO[C@@H](CO[Si](C)(C)C(C)(C)C)C/C(C)=C/[C@@H](OC)[C@@H](C)[C@H](OCc2ccc(OC)cc2)[C@H](C)CO)cc1. The summed E-state index contributed by atoms with van der Waals surface area (Å²) in [5.41, 5.74) is 3.29. The van der Waals surface area contributed by atoms with Crippen LogP contribution in [0.5, 0.6) is 11.5 Å². The summed E-state index contributed by atoms with van der Waals surface area (Å²) in [5.74, 6) is 1.57. The van der Waals surface area contributed by atoms with Crippen LogP contribution >= 0.6 is 0 Å². The van der Waals surface area contributed by atoms with Gasteiger partial charge in [0.25, 0.3) is 0 Å². The molecule has 0 heterocycles. The summed E-state index contributed by atoms with van der Waals surface area (Å²) in [7, 11) is 3.10. The Bertz CT molecular complexity index is 1110. The van der Waals surface area contributed by atoms with Gasteiger partial charge in [0.1, 0.15) is 11.5 Å². The van der Waals surface area contributed by atoms with Gasteiger partial charge in [-0.05, 0) is 66.9 Å². The van der Waals surface area contributed by atoms with Crippen molar-refractivity contribution >= 4 is 8.32 Å². The number of rotatable bonds is 19. The van der Waals surface area contributed by atoms with E-state index in [9.17, 15) is 5.11 Å². The van der Waals surface area contributed by atoms with Crippen LogP contribution in [0.3, 0.4) is 0 Å². The van der Waals surface area contributed by atoms with E-state index in [4.69, 9.17) is 28.1 Å². The zero-order valence-corrected chi connectivity index (χ0v) is 30.0. The lowest BCUT2D eigenvalue weighted by Crippen LogP contribution is -2.43. The quantitative estimate of drug-likeness (QED) is 0.125. The molecule has 0 radical (unpaired) electrons. The van der Waals surface area contributed by atoms with Crippen LogP contribution in [0.1, 0.15) is 59.1 Å². The van der Waals surface area contributed by atoms with Crippen LogP contribution in [0.4, 0.5) is 0 Å². The molecule has 0 saturated carbocycles. The molecule has 0 saturated heterocycles. The predicted octanol–water partition coefficient (Wildman–Crippen LogP) is 7.81. The van der Waals surface area contributed by atoms with Crippen molar-refractivity contribution in [3.63, 3.8) is 0 Å². The largest absolute Gasteiger partial charge is 0.497 e. The maximum absolute atomic E-state index is 10.1. The van der Waals surface area contributed by atoms with Gasteiger partial charge in [-0.15, -0.1) is 0 Å². The van der Waals surface area contributed by atoms with E-state index in [1.165, 1.54) is 0 Å². The maximum Gasteiger partial charge on any atom is 0.192 e. The first-order valence-electron chi connectivity index (χ1n) is 15.7. The summed E-state index contributed by atoms with van der Waals surface area (Å²) in [6.45, 7) is 19.0. The Morgan fingerprint density at radius 3 is 1.77 bits per heavy atom. The van der Waals surface area contributed by atoms with Crippen molar-refractivity contribution in [1.29, 1.82) is 0 Å². The van der Waals surface area contributed by atoms with E-state index in [1.807, 2.05) is 55.5 Å². The van der Waals surface area contributed by atoms with E-state index in [0.717, 1.165) is 28.2 Å². The second-order valence-electron chi connectivity index (χ2n) is 13.4. The van der Waals surface area contributed by atoms with Gasteiger partial charge in [-0.25, -0.2) is 0 Å². The Labute approximate surface area is 268 Å². The molecule has 0 aliphatic carbocycles. The minimum absolute atomic E-state index is 0.00232. The van der Waals surface area contributed by atoms with Gasteiger partial charge in [0.05, 0.1) is 52.4 Å². The summed E-state index contributed by atoms with van der Waals surface area (Å²) < 4.78 is 36.1. The van der Waals surface area contributed by atoms with Crippen LogP contribution in [-0.2, 0) is 31.9 Å². The highest BCUT2D eigenvalue weighted by atomic mass is 28.4. The van der Waals surface area contributed by atoms with E-state index < -0.39 is 8.32 Å². The van der Waals surface area contributed by atoms with Gasteiger partial charge >= 0.3 is 0 Å². The predicted molar refractivity (Wildman–Crippen MR) is 181 cm³/mol. The third-order valence-electron chi connectivity index (χ3n) is 8.84. The number of hydrogen-bond acceptors (Lipinski definition) is 7. The second kappa shape index (κ2) is 18.1. The lowest BCUT2D eigenvalue weighted by molar-refractivity contribution is -0.0727. The Balaban J connectivity index is 2.18. The monoisotopic (exact) mass is 630 g/mol. The molecule has 0 bridgehead atoms. The first kappa shape index (κ1) is 38.0. The van der Waals surface area contributed by atoms with Crippen molar-refractivity contribution in [3.8, 4) is 11.5 Å². The van der Waals surface area contributed by atoms with Crippen molar-refractivity contribution in [3.05, 3.63) is 71.3 Å².